The van der Waals surface area contributed by atoms with Crippen LogP contribution in [0.15, 0.2) is 35.0 Å². The molecule has 0 aliphatic heterocycles. The van der Waals surface area contributed by atoms with Gasteiger partial charge in [0.2, 0.25) is 0 Å². The van der Waals surface area contributed by atoms with Gasteiger partial charge in [-0.1, -0.05) is 0 Å². The van der Waals surface area contributed by atoms with Crippen molar-refractivity contribution in [3.8, 4) is 19.5 Å². The van der Waals surface area contributed by atoms with Gasteiger partial charge in [-0.15, -0.1) is 45.3 Å². The van der Waals surface area contributed by atoms with Crippen LogP contribution in [-0.2, 0) is 11.2 Å². The first-order valence-electron chi connectivity index (χ1n) is 8.29. The lowest BCUT2D eigenvalue weighted by Crippen LogP contribution is -2.15. The molecule has 0 spiro atoms. The fourth-order valence-electron chi connectivity index (χ4n) is 3.02. The first-order chi connectivity index (χ1) is 12.1. The van der Waals surface area contributed by atoms with Crippen molar-refractivity contribution in [1.82, 2.24) is 0 Å². The summed E-state index contributed by atoms with van der Waals surface area (Å²) in [4.78, 5) is 4.72. The van der Waals surface area contributed by atoms with Crippen molar-refractivity contribution in [1.29, 1.82) is 0 Å². The maximum atomic E-state index is 10.4. The van der Waals surface area contributed by atoms with Crippen LogP contribution >= 0.6 is 45.3 Å². The zero-order chi connectivity index (χ0) is 18.7. The molecule has 0 radical (unpaired) electrons. The molecule has 6 heteroatoms. The maximum Gasteiger partial charge on any atom is 0.0854 e. The highest BCUT2D eigenvalue weighted by Crippen LogP contribution is 2.47. The minimum atomic E-state index is -0.837. The first-order valence-corrected chi connectivity index (χ1v) is 11.7. The molecule has 4 aromatic rings. The predicted molar refractivity (Wildman–Crippen MR) is 117 cm³/mol. The molecule has 4 aromatic heterocycles. The van der Waals surface area contributed by atoms with Crippen LogP contribution < -0.4 is 0 Å². The van der Waals surface area contributed by atoms with Crippen molar-refractivity contribution in [2.24, 2.45) is 0 Å². The number of aliphatic hydroxyl groups is 2. The smallest absolute Gasteiger partial charge is 0.0854 e. The predicted octanol–water partition coefficient (Wildman–Crippen LogP) is 6.87. The van der Waals surface area contributed by atoms with E-state index in [1.54, 1.807) is 45.3 Å². The minimum absolute atomic E-state index is 0.837. The average molecular weight is 421 g/mol. The van der Waals surface area contributed by atoms with E-state index in [-0.39, 0.29) is 0 Å². The van der Waals surface area contributed by atoms with Gasteiger partial charge in [-0.2, -0.15) is 0 Å². The second kappa shape index (κ2) is 6.26. The molecule has 136 valence electrons. The third-order valence-electron chi connectivity index (χ3n) is 4.30. The van der Waals surface area contributed by atoms with Crippen molar-refractivity contribution in [3.05, 3.63) is 46.2 Å². The molecule has 0 saturated carbocycles. The Balaban J connectivity index is 1.76. The van der Waals surface area contributed by atoms with Crippen LogP contribution in [0.4, 0.5) is 0 Å². The Morgan fingerprint density at radius 2 is 1.08 bits per heavy atom. The van der Waals surface area contributed by atoms with E-state index in [4.69, 9.17) is 0 Å². The summed E-state index contributed by atoms with van der Waals surface area (Å²) < 4.78 is 2.51. The lowest BCUT2D eigenvalue weighted by molar-refractivity contribution is 0.0790. The molecular weight excluding hydrogens is 400 g/mol. The molecular formula is C20H20O2S4. The molecule has 0 aliphatic rings. The lowest BCUT2D eigenvalue weighted by atomic mass is 9.99. The molecule has 0 fully saturated rings. The highest BCUT2D eigenvalue weighted by Gasteiger charge is 2.25. The maximum absolute atomic E-state index is 10.4. The molecule has 0 unspecified atom stereocenters. The van der Waals surface area contributed by atoms with Crippen LogP contribution in [0.5, 0.6) is 0 Å². The normalized spacial score (nSPS) is 13.0. The van der Waals surface area contributed by atoms with E-state index < -0.39 is 11.2 Å². The number of fused-ring (bicyclic) bond motifs is 1. The van der Waals surface area contributed by atoms with E-state index in [1.165, 1.54) is 19.2 Å². The molecule has 0 atom stereocenters. The van der Waals surface area contributed by atoms with Gasteiger partial charge in [0.1, 0.15) is 0 Å². The quantitative estimate of drug-likeness (QED) is 0.378. The summed E-state index contributed by atoms with van der Waals surface area (Å²) in [6, 6.07) is 8.49. The molecule has 0 bridgehead atoms. The van der Waals surface area contributed by atoms with E-state index in [1.807, 2.05) is 50.6 Å². The van der Waals surface area contributed by atoms with Gasteiger partial charge in [-0.3, -0.25) is 0 Å². The molecule has 4 heterocycles. The Morgan fingerprint density at radius 1 is 0.692 bits per heavy atom. The Kier molecular flexibility index (Phi) is 4.42. The lowest BCUT2D eigenvalue weighted by Gasteiger charge is -2.17. The van der Waals surface area contributed by atoms with Crippen LogP contribution in [-0.4, -0.2) is 10.2 Å². The molecule has 0 amide bonds. The Labute approximate surface area is 169 Å². The monoisotopic (exact) mass is 420 g/mol. The van der Waals surface area contributed by atoms with Gasteiger partial charge in [0, 0.05) is 30.3 Å². The van der Waals surface area contributed by atoms with E-state index >= 15 is 0 Å². The van der Waals surface area contributed by atoms with Crippen LogP contribution in [0.25, 0.3) is 28.9 Å². The molecule has 0 aliphatic carbocycles. The molecule has 4 rings (SSSR count). The highest BCUT2D eigenvalue weighted by molar-refractivity contribution is 7.33. The highest BCUT2D eigenvalue weighted by atomic mass is 32.1. The van der Waals surface area contributed by atoms with Crippen LogP contribution in [0.1, 0.15) is 38.8 Å². The topological polar surface area (TPSA) is 40.5 Å². The molecule has 0 saturated heterocycles. The second-order valence-corrected chi connectivity index (χ2v) is 11.4. The van der Waals surface area contributed by atoms with Gasteiger partial charge in [0.25, 0.3) is 0 Å². The summed E-state index contributed by atoms with van der Waals surface area (Å²) in [6.45, 7) is 7.34. The zero-order valence-electron chi connectivity index (χ0n) is 15.0. The largest absolute Gasteiger partial charge is 0.386 e. The van der Waals surface area contributed by atoms with Crippen molar-refractivity contribution in [3.63, 3.8) is 0 Å². The fraction of sp³-hybridized carbons (Fsp3) is 0.300. The summed E-state index contributed by atoms with van der Waals surface area (Å²) in [5.74, 6) is 0. The van der Waals surface area contributed by atoms with Gasteiger partial charge in [-0.05, 0) is 62.7 Å². The second-order valence-electron chi connectivity index (χ2n) is 7.39. The summed E-state index contributed by atoms with van der Waals surface area (Å²) >= 11 is 6.90. The SMILES string of the molecule is CC(C)(O)c1ccsc1-c1cc2sc(-c3sccc3C(C)(C)O)cc2s1. The third kappa shape index (κ3) is 3.19. The molecule has 2 nitrogen and oxygen atoms in total. The van der Waals surface area contributed by atoms with E-state index in [2.05, 4.69) is 12.1 Å². The summed E-state index contributed by atoms with van der Waals surface area (Å²) in [7, 11) is 0. The van der Waals surface area contributed by atoms with Crippen LogP contribution in [0.2, 0.25) is 0 Å². The minimum Gasteiger partial charge on any atom is -0.386 e. The molecule has 26 heavy (non-hydrogen) atoms. The van der Waals surface area contributed by atoms with E-state index in [9.17, 15) is 10.2 Å². The van der Waals surface area contributed by atoms with Gasteiger partial charge < -0.3 is 10.2 Å². The first kappa shape index (κ1) is 18.3. The van der Waals surface area contributed by atoms with Crippen LogP contribution in [0, 0.1) is 0 Å². The number of hydrogen-bond donors (Lipinski definition) is 2. The molecule has 0 aromatic carbocycles. The Hall–Kier alpha value is -1.02. The van der Waals surface area contributed by atoms with E-state index in [0.29, 0.717) is 0 Å². The Morgan fingerprint density at radius 3 is 1.42 bits per heavy atom. The number of hydrogen-bond acceptors (Lipinski definition) is 6. The van der Waals surface area contributed by atoms with Crippen LogP contribution in [0.3, 0.4) is 0 Å². The van der Waals surface area contributed by atoms with Gasteiger partial charge in [0.15, 0.2) is 0 Å². The number of thiophene rings is 4. The molecule has 2 N–H and O–H groups in total. The summed E-state index contributed by atoms with van der Waals surface area (Å²) in [5.41, 5.74) is 0.297. The number of rotatable bonds is 4. The zero-order valence-corrected chi connectivity index (χ0v) is 18.3. The van der Waals surface area contributed by atoms with Crippen molar-refractivity contribution < 1.29 is 10.2 Å². The summed E-state index contributed by atoms with van der Waals surface area (Å²) in [5, 5.41) is 24.9. The van der Waals surface area contributed by atoms with Gasteiger partial charge >= 0.3 is 0 Å². The van der Waals surface area contributed by atoms with Gasteiger partial charge in [0.05, 0.1) is 21.0 Å². The van der Waals surface area contributed by atoms with Crippen molar-refractivity contribution >= 4 is 54.7 Å². The van der Waals surface area contributed by atoms with Gasteiger partial charge in [-0.25, -0.2) is 0 Å². The van der Waals surface area contributed by atoms with Crippen molar-refractivity contribution in [2.75, 3.05) is 0 Å². The van der Waals surface area contributed by atoms with E-state index in [0.717, 1.165) is 20.9 Å². The summed E-state index contributed by atoms with van der Waals surface area (Å²) in [6.07, 6.45) is 0. The third-order valence-corrected chi connectivity index (χ3v) is 8.79. The van der Waals surface area contributed by atoms with Crippen molar-refractivity contribution in [2.45, 2.75) is 38.9 Å². The average Bonchev–Trinajstić information content (AvgIpc) is 3.26. The Bertz CT molecular complexity index is 950. The fourth-order valence-corrected chi connectivity index (χ4v) is 7.79. The standard InChI is InChI=1S/C20H20O2S4/c1-19(2,21)11-5-7-23-17(11)15-9-13-14(25-15)10-16(26-13)18-12(6-8-24-18)20(3,4)22/h5-10,21-22H,1-4H3.